The molecule has 1 atom stereocenters. The summed E-state index contributed by atoms with van der Waals surface area (Å²) in [6, 6.07) is 0.402. The summed E-state index contributed by atoms with van der Waals surface area (Å²) in [5.74, 6) is 0. The van der Waals surface area contributed by atoms with Crippen LogP contribution in [0.5, 0.6) is 0 Å². The van der Waals surface area contributed by atoms with Gasteiger partial charge in [0, 0.05) is 19.1 Å². The standard InChI is InChI=1S/C13H29N3/c1-3-6-13(14)7-10-15(2)11-12-16-8-4-5-9-16/h13H,3-12,14H2,1-2H3. The Balaban J connectivity index is 1.99. The van der Waals surface area contributed by atoms with Gasteiger partial charge in [0.2, 0.25) is 0 Å². The van der Waals surface area contributed by atoms with E-state index in [4.69, 9.17) is 5.73 Å². The van der Waals surface area contributed by atoms with Gasteiger partial charge in [0.1, 0.15) is 0 Å². The van der Waals surface area contributed by atoms with Crippen LogP contribution < -0.4 is 5.73 Å². The summed E-state index contributed by atoms with van der Waals surface area (Å²) in [4.78, 5) is 5.00. The van der Waals surface area contributed by atoms with E-state index in [1.54, 1.807) is 0 Å². The van der Waals surface area contributed by atoms with Crippen molar-refractivity contribution in [1.29, 1.82) is 0 Å². The van der Waals surface area contributed by atoms with Crippen LogP contribution in [0.25, 0.3) is 0 Å². The highest BCUT2D eigenvalue weighted by atomic mass is 15.2. The zero-order valence-electron chi connectivity index (χ0n) is 11.1. The minimum Gasteiger partial charge on any atom is -0.328 e. The summed E-state index contributed by atoms with van der Waals surface area (Å²) in [6.45, 7) is 8.40. The van der Waals surface area contributed by atoms with Gasteiger partial charge in [0.05, 0.1) is 0 Å². The van der Waals surface area contributed by atoms with Gasteiger partial charge in [-0.15, -0.1) is 0 Å². The second-order valence-electron chi connectivity index (χ2n) is 5.19. The minimum atomic E-state index is 0.402. The van der Waals surface area contributed by atoms with Gasteiger partial charge in [0.25, 0.3) is 0 Å². The lowest BCUT2D eigenvalue weighted by atomic mass is 10.1. The van der Waals surface area contributed by atoms with E-state index < -0.39 is 0 Å². The highest BCUT2D eigenvalue weighted by Gasteiger charge is 2.11. The molecular formula is C13H29N3. The van der Waals surface area contributed by atoms with Crippen molar-refractivity contribution in [3.05, 3.63) is 0 Å². The molecule has 0 saturated carbocycles. The summed E-state index contributed by atoms with van der Waals surface area (Å²) >= 11 is 0. The zero-order chi connectivity index (χ0) is 11.8. The number of nitrogens with zero attached hydrogens (tertiary/aromatic N) is 2. The first kappa shape index (κ1) is 13.9. The summed E-state index contributed by atoms with van der Waals surface area (Å²) in [6.07, 6.45) is 6.30. The van der Waals surface area contributed by atoms with E-state index in [9.17, 15) is 0 Å². The maximum absolute atomic E-state index is 6.01. The summed E-state index contributed by atoms with van der Waals surface area (Å²) in [5.41, 5.74) is 6.01. The van der Waals surface area contributed by atoms with E-state index in [0.29, 0.717) is 6.04 Å². The molecule has 0 amide bonds. The van der Waals surface area contributed by atoms with Crippen molar-refractivity contribution in [2.45, 2.75) is 45.1 Å². The normalized spacial score (nSPS) is 19.5. The fourth-order valence-electron chi connectivity index (χ4n) is 2.33. The fourth-order valence-corrected chi connectivity index (χ4v) is 2.33. The van der Waals surface area contributed by atoms with Crippen LogP contribution in [0.3, 0.4) is 0 Å². The minimum absolute atomic E-state index is 0.402. The van der Waals surface area contributed by atoms with Crippen molar-refractivity contribution < 1.29 is 0 Å². The molecule has 0 aromatic rings. The van der Waals surface area contributed by atoms with Gasteiger partial charge in [-0.3, -0.25) is 0 Å². The second kappa shape index (κ2) is 8.04. The molecular weight excluding hydrogens is 198 g/mol. The molecule has 0 aliphatic carbocycles. The summed E-state index contributed by atoms with van der Waals surface area (Å²) in [5, 5.41) is 0. The monoisotopic (exact) mass is 227 g/mol. The Labute approximate surface area is 101 Å². The molecule has 0 aromatic heterocycles. The van der Waals surface area contributed by atoms with Crippen LogP contribution in [0.4, 0.5) is 0 Å². The molecule has 0 radical (unpaired) electrons. The van der Waals surface area contributed by atoms with Gasteiger partial charge >= 0.3 is 0 Å². The van der Waals surface area contributed by atoms with Crippen LogP contribution in [-0.2, 0) is 0 Å². The maximum Gasteiger partial charge on any atom is 0.0109 e. The molecule has 1 heterocycles. The average Bonchev–Trinajstić information content (AvgIpc) is 2.77. The van der Waals surface area contributed by atoms with Crippen molar-refractivity contribution in [1.82, 2.24) is 9.80 Å². The lowest BCUT2D eigenvalue weighted by Gasteiger charge is -2.22. The summed E-state index contributed by atoms with van der Waals surface area (Å²) < 4.78 is 0. The number of hydrogen-bond acceptors (Lipinski definition) is 3. The molecule has 2 N–H and O–H groups in total. The lowest BCUT2D eigenvalue weighted by Crippen LogP contribution is -2.34. The first-order valence-corrected chi connectivity index (χ1v) is 6.89. The van der Waals surface area contributed by atoms with Gasteiger partial charge in [-0.2, -0.15) is 0 Å². The molecule has 0 spiro atoms. The van der Waals surface area contributed by atoms with Crippen molar-refractivity contribution in [3.63, 3.8) is 0 Å². The first-order valence-electron chi connectivity index (χ1n) is 6.89. The molecule has 0 bridgehead atoms. The topological polar surface area (TPSA) is 32.5 Å². The Bertz CT molecular complexity index is 167. The largest absolute Gasteiger partial charge is 0.328 e. The molecule has 3 nitrogen and oxygen atoms in total. The van der Waals surface area contributed by atoms with Gasteiger partial charge in [0.15, 0.2) is 0 Å². The Morgan fingerprint density at radius 2 is 1.88 bits per heavy atom. The van der Waals surface area contributed by atoms with Gasteiger partial charge in [-0.1, -0.05) is 13.3 Å². The molecule has 1 fully saturated rings. The van der Waals surface area contributed by atoms with Gasteiger partial charge in [-0.05, 0) is 52.4 Å². The molecule has 0 aromatic carbocycles. The van der Waals surface area contributed by atoms with E-state index >= 15 is 0 Å². The molecule has 1 unspecified atom stereocenters. The van der Waals surface area contributed by atoms with E-state index in [1.807, 2.05) is 0 Å². The van der Waals surface area contributed by atoms with Crippen LogP contribution in [0.2, 0.25) is 0 Å². The zero-order valence-corrected chi connectivity index (χ0v) is 11.1. The molecule has 1 saturated heterocycles. The Morgan fingerprint density at radius 1 is 1.19 bits per heavy atom. The SMILES string of the molecule is CCCC(N)CCN(C)CCN1CCCC1. The van der Waals surface area contributed by atoms with Crippen molar-refractivity contribution >= 4 is 0 Å². The van der Waals surface area contributed by atoms with Crippen molar-refractivity contribution in [2.75, 3.05) is 39.8 Å². The van der Waals surface area contributed by atoms with Gasteiger partial charge in [-0.25, -0.2) is 0 Å². The molecule has 96 valence electrons. The average molecular weight is 227 g/mol. The van der Waals surface area contributed by atoms with Crippen LogP contribution in [0.1, 0.15) is 39.0 Å². The molecule has 3 heteroatoms. The number of rotatable bonds is 8. The molecule has 1 aliphatic rings. The molecule has 16 heavy (non-hydrogen) atoms. The third-order valence-electron chi connectivity index (χ3n) is 3.54. The second-order valence-corrected chi connectivity index (χ2v) is 5.19. The molecule has 1 rings (SSSR count). The third kappa shape index (κ3) is 5.83. The highest BCUT2D eigenvalue weighted by molar-refractivity contribution is 4.68. The third-order valence-corrected chi connectivity index (χ3v) is 3.54. The maximum atomic E-state index is 6.01. The number of likely N-dealkylation sites (tertiary alicyclic amines) is 1. The quantitative estimate of drug-likeness (QED) is 0.682. The predicted octanol–water partition coefficient (Wildman–Crippen LogP) is 1.53. The van der Waals surface area contributed by atoms with E-state index in [-0.39, 0.29) is 0 Å². The van der Waals surface area contributed by atoms with Crippen LogP contribution in [0.15, 0.2) is 0 Å². The van der Waals surface area contributed by atoms with Crippen LogP contribution in [-0.4, -0.2) is 55.6 Å². The van der Waals surface area contributed by atoms with Crippen molar-refractivity contribution in [3.8, 4) is 0 Å². The smallest absolute Gasteiger partial charge is 0.0109 e. The van der Waals surface area contributed by atoms with Crippen LogP contribution >= 0.6 is 0 Å². The van der Waals surface area contributed by atoms with Crippen molar-refractivity contribution in [2.24, 2.45) is 5.73 Å². The summed E-state index contributed by atoms with van der Waals surface area (Å²) in [7, 11) is 2.22. The fraction of sp³-hybridized carbons (Fsp3) is 1.00. The first-order chi connectivity index (χ1) is 7.72. The Kier molecular flexibility index (Phi) is 7.01. The number of hydrogen-bond donors (Lipinski definition) is 1. The lowest BCUT2D eigenvalue weighted by molar-refractivity contribution is 0.250. The number of nitrogens with two attached hydrogens (primary N) is 1. The van der Waals surface area contributed by atoms with E-state index in [2.05, 4.69) is 23.8 Å². The number of likely N-dealkylation sites (N-methyl/N-ethyl adjacent to an activating group) is 1. The van der Waals surface area contributed by atoms with Gasteiger partial charge < -0.3 is 15.5 Å². The van der Waals surface area contributed by atoms with Crippen LogP contribution in [0, 0.1) is 0 Å². The Morgan fingerprint density at radius 3 is 2.50 bits per heavy atom. The Hall–Kier alpha value is -0.120. The van der Waals surface area contributed by atoms with E-state index in [0.717, 1.165) is 13.0 Å². The predicted molar refractivity (Wildman–Crippen MR) is 70.7 cm³/mol. The van der Waals surface area contributed by atoms with E-state index in [1.165, 1.54) is 51.9 Å². The highest BCUT2D eigenvalue weighted by Crippen LogP contribution is 2.06. The molecule has 1 aliphatic heterocycles.